The Hall–Kier alpha value is -3.64. The molecule has 166 valence electrons. The fourth-order valence-corrected chi connectivity index (χ4v) is 4.46. The van der Waals surface area contributed by atoms with Gasteiger partial charge in [0.2, 0.25) is 0 Å². The Morgan fingerprint density at radius 3 is 2.64 bits per heavy atom. The van der Waals surface area contributed by atoms with Gasteiger partial charge < -0.3 is 5.32 Å². The van der Waals surface area contributed by atoms with Crippen LogP contribution in [0.2, 0.25) is 0 Å². The maximum atomic E-state index is 12.6. The second-order valence-corrected chi connectivity index (χ2v) is 8.63. The summed E-state index contributed by atoms with van der Waals surface area (Å²) in [6.07, 6.45) is 5.54. The number of anilines is 1. The molecule has 1 N–H and O–H groups in total. The summed E-state index contributed by atoms with van der Waals surface area (Å²) in [6.45, 7) is 4.84. The molecule has 4 aromatic rings. The van der Waals surface area contributed by atoms with E-state index in [4.69, 9.17) is 4.98 Å². The highest BCUT2D eigenvalue weighted by Gasteiger charge is 2.24. The number of para-hydroxylation sites is 1. The second kappa shape index (κ2) is 9.46. The zero-order valence-electron chi connectivity index (χ0n) is 18.7. The molecule has 1 aliphatic heterocycles. The fourth-order valence-electron chi connectivity index (χ4n) is 4.46. The van der Waals surface area contributed by atoms with Crippen molar-refractivity contribution in [3.8, 4) is 0 Å². The van der Waals surface area contributed by atoms with Gasteiger partial charge in [-0.05, 0) is 68.8 Å². The third-order valence-electron chi connectivity index (χ3n) is 6.30. The monoisotopic (exact) mass is 437 g/mol. The van der Waals surface area contributed by atoms with Crippen LogP contribution in [-0.2, 0) is 6.54 Å². The molecular formula is C27H27N5O. The molecule has 0 atom stereocenters. The van der Waals surface area contributed by atoms with Gasteiger partial charge in [0.15, 0.2) is 0 Å². The number of hydrogen-bond donors (Lipinski definition) is 1. The zero-order chi connectivity index (χ0) is 22.6. The third-order valence-corrected chi connectivity index (χ3v) is 6.30. The number of rotatable bonds is 5. The summed E-state index contributed by atoms with van der Waals surface area (Å²) >= 11 is 0. The molecule has 0 unspecified atom stereocenters. The maximum absolute atomic E-state index is 12.6. The quantitative estimate of drug-likeness (QED) is 0.478. The smallest absolute Gasteiger partial charge is 0.259 e. The highest BCUT2D eigenvalue weighted by molar-refractivity contribution is 6.04. The summed E-state index contributed by atoms with van der Waals surface area (Å²) in [5.41, 5.74) is 4.36. The SMILES string of the molecule is Cc1nc(C2CCN(Cc3ccc4ncccc4c3)CC2)ncc1C(=O)Nc1ccccc1. The topological polar surface area (TPSA) is 71.0 Å². The van der Waals surface area contributed by atoms with Crippen LogP contribution in [0.25, 0.3) is 10.9 Å². The van der Waals surface area contributed by atoms with E-state index in [0.29, 0.717) is 11.5 Å². The number of aromatic nitrogens is 3. The number of carbonyl (C=O) groups excluding carboxylic acids is 1. The molecule has 0 aliphatic carbocycles. The van der Waals surface area contributed by atoms with Crippen molar-refractivity contribution < 1.29 is 4.79 Å². The van der Waals surface area contributed by atoms with Crippen molar-refractivity contribution in [3.63, 3.8) is 0 Å². The van der Waals surface area contributed by atoms with Crippen LogP contribution in [0.4, 0.5) is 5.69 Å². The summed E-state index contributed by atoms with van der Waals surface area (Å²) in [6, 6.07) is 20.0. The Morgan fingerprint density at radius 1 is 1.03 bits per heavy atom. The van der Waals surface area contributed by atoms with E-state index in [1.807, 2.05) is 49.5 Å². The molecule has 6 nitrogen and oxygen atoms in total. The molecule has 2 aromatic carbocycles. The van der Waals surface area contributed by atoms with Crippen LogP contribution in [0.1, 0.15) is 46.2 Å². The summed E-state index contributed by atoms with van der Waals surface area (Å²) in [5, 5.41) is 4.09. The van der Waals surface area contributed by atoms with Gasteiger partial charge in [0.25, 0.3) is 5.91 Å². The Morgan fingerprint density at radius 2 is 1.85 bits per heavy atom. The normalized spacial score (nSPS) is 14.9. The molecule has 1 amide bonds. The van der Waals surface area contributed by atoms with Crippen molar-refractivity contribution >= 4 is 22.5 Å². The number of likely N-dealkylation sites (tertiary alicyclic amines) is 1. The summed E-state index contributed by atoms with van der Waals surface area (Å²) < 4.78 is 0. The average molecular weight is 438 g/mol. The molecule has 0 saturated carbocycles. The molecule has 0 radical (unpaired) electrons. The summed E-state index contributed by atoms with van der Waals surface area (Å²) in [7, 11) is 0. The second-order valence-electron chi connectivity index (χ2n) is 8.63. The average Bonchev–Trinajstić information content (AvgIpc) is 2.85. The number of carbonyl (C=O) groups is 1. The lowest BCUT2D eigenvalue weighted by Gasteiger charge is -2.31. The first kappa shape index (κ1) is 21.2. The molecule has 2 aromatic heterocycles. The van der Waals surface area contributed by atoms with Crippen LogP contribution in [0.15, 0.2) is 73.1 Å². The van der Waals surface area contributed by atoms with Gasteiger partial charge in [-0.3, -0.25) is 14.7 Å². The molecule has 1 aliphatic rings. The van der Waals surface area contributed by atoms with Gasteiger partial charge in [0.1, 0.15) is 5.82 Å². The van der Waals surface area contributed by atoms with Crippen molar-refractivity contribution in [3.05, 3.63) is 95.7 Å². The summed E-state index contributed by atoms with van der Waals surface area (Å²) in [5.74, 6) is 0.998. The van der Waals surface area contributed by atoms with Gasteiger partial charge in [0, 0.05) is 35.9 Å². The van der Waals surface area contributed by atoms with Crippen molar-refractivity contribution in [1.29, 1.82) is 0 Å². The van der Waals surface area contributed by atoms with Crippen molar-refractivity contribution in [2.24, 2.45) is 0 Å². The Labute approximate surface area is 193 Å². The van der Waals surface area contributed by atoms with Gasteiger partial charge in [-0.15, -0.1) is 0 Å². The number of nitrogens with zero attached hydrogens (tertiary/aromatic N) is 4. The van der Waals surface area contributed by atoms with Crippen molar-refractivity contribution in [2.75, 3.05) is 18.4 Å². The molecule has 0 bridgehead atoms. The van der Waals surface area contributed by atoms with E-state index in [9.17, 15) is 4.79 Å². The van der Waals surface area contributed by atoms with Crippen LogP contribution < -0.4 is 5.32 Å². The van der Waals surface area contributed by atoms with Crippen molar-refractivity contribution in [1.82, 2.24) is 19.9 Å². The lowest BCUT2D eigenvalue weighted by molar-refractivity contribution is 0.102. The molecule has 3 heterocycles. The zero-order valence-corrected chi connectivity index (χ0v) is 18.7. The molecular weight excluding hydrogens is 410 g/mol. The largest absolute Gasteiger partial charge is 0.322 e. The molecule has 33 heavy (non-hydrogen) atoms. The molecule has 5 rings (SSSR count). The highest BCUT2D eigenvalue weighted by Crippen LogP contribution is 2.27. The van der Waals surface area contributed by atoms with Gasteiger partial charge >= 0.3 is 0 Å². The Balaban J connectivity index is 1.20. The minimum Gasteiger partial charge on any atom is -0.322 e. The first-order chi connectivity index (χ1) is 16.2. The van der Waals surface area contributed by atoms with Gasteiger partial charge in [-0.2, -0.15) is 0 Å². The molecule has 0 spiro atoms. The number of amides is 1. The molecule has 6 heteroatoms. The number of benzene rings is 2. The van der Waals surface area contributed by atoms with Crippen LogP contribution in [0.5, 0.6) is 0 Å². The van der Waals surface area contributed by atoms with Gasteiger partial charge in [-0.25, -0.2) is 9.97 Å². The summed E-state index contributed by atoms with van der Waals surface area (Å²) in [4.78, 5) is 28.8. The predicted octanol–water partition coefficient (Wildman–Crippen LogP) is 4.97. The number of fused-ring (bicyclic) bond motifs is 1. The maximum Gasteiger partial charge on any atom is 0.259 e. The number of hydrogen-bond acceptors (Lipinski definition) is 5. The minimum atomic E-state index is -0.175. The first-order valence-electron chi connectivity index (χ1n) is 11.4. The van der Waals surface area contributed by atoms with Crippen LogP contribution in [-0.4, -0.2) is 38.8 Å². The molecule has 1 fully saturated rings. The van der Waals surface area contributed by atoms with E-state index in [2.05, 4.69) is 44.5 Å². The van der Waals surface area contributed by atoms with E-state index in [1.54, 1.807) is 6.20 Å². The predicted molar refractivity (Wildman–Crippen MR) is 130 cm³/mol. The van der Waals surface area contributed by atoms with Gasteiger partial charge in [-0.1, -0.05) is 30.3 Å². The number of pyridine rings is 1. The van der Waals surface area contributed by atoms with Crippen LogP contribution in [0, 0.1) is 6.92 Å². The standard InChI is InChI=1S/C27H27N5O/c1-19-24(27(33)31-23-7-3-2-4-8-23)17-29-26(30-19)21-11-14-32(15-12-21)18-20-9-10-25-22(16-20)6-5-13-28-25/h2-10,13,16-17,21H,11-12,14-15,18H2,1H3,(H,31,33). The third kappa shape index (κ3) is 4.91. The van der Waals surface area contributed by atoms with E-state index in [-0.39, 0.29) is 5.91 Å². The lowest BCUT2D eigenvalue weighted by Crippen LogP contribution is -2.33. The number of piperidine rings is 1. The van der Waals surface area contributed by atoms with E-state index in [0.717, 1.165) is 55.2 Å². The van der Waals surface area contributed by atoms with Crippen LogP contribution in [0.3, 0.4) is 0 Å². The van der Waals surface area contributed by atoms with Gasteiger partial charge in [0.05, 0.1) is 16.8 Å². The molecule has 1 saturated heterocycles. The fraction of sp³-hybridized carbons (Fsp3) is 0.259. The first-order valence-corrected chi connectivity index (χ1v) is 11.4. The van der Waals surface area contributed by atoms with E-state index >= 15 is 0 Å². The number of nitrogens with one attached hydrogen (secondary N) is 1. The Kier molecular flexibility index (Phi) is 6.09. The van der Waals surface area contributed by atoms with Crippen molar-refractivity contribution in [2.45, 2.75) is 32.2 Å². The van der Waals surface area contributed by atoms with E-state index in [1.165, 1.54) is 10.9 Å². The Bertz CT molecular complexity index is 1270. The minimum absolute atomic E-state index is 0.175. The lowest BCUT2D eigenvalue weighted by atomic mass is 9.95. The van der Waals surface area contributed by atoms with E-state index < -0.39 is 0 Å². The number of aryl methyl sites for hydroxylation is 1. The highest BCUT2D eigenvalue weighted by atomic mass is 16.1. The van der Waals surface area contributed by atoms with Crippen LogP contribution >= 0.6 is 0 Å².